The van der Waals surface area contributed by atoms with Crippen LogP contribution in [0, 0.1) is 5.82 Å². The van der Waals surface area contributed by atoms with Crippen molar-refractivity contribution in [3.8, 4) is 11.3 Å². The molecule has 0 spiro atoms. The van der Waals surface area contributed by atoms with E-state index in [2.05, 4.69) is 35.9 Å². The lowest BCUT2D eigenvalue weighted by molar-refractivity contribution is 0.0677. The average Bonchev–Trinajstić information content (AvgIpc) is 3.48. The van der Waals surface area contributed by atoms with E-state index >= 15 is 0 Å². The number of anilines is 1. The molecule has 170 valence electrons. The molecule has 8 heteroatoms. The van der Waals surface area contributed by atoms with Gasteiger partial charge in [0.2, 0.25) is 5.88 Å². The topological polar surface area (TPSA) is 52.8 Å². The molecule has 32 heavy (non-hydrogen) atoms. The Hall–Kier alpha value is -2.71. The largest absolute Gasteiger partial charge is 0.338 e. The quantitative estimate of drug-likeness (QED) is 0.514. The summed E-state index contributed by atoms with van der Waals surface area (Å²) in [6, 6.07) is 10.1. The maximum absolute atomic E-state index is 13.6. The Kier molecular flexibility index (Phi) is 6.91. The number of halogens is 1. The molecular formula is C24H29FN4O2S. The number of piperazine rings is 1. The van der Waals surface area contributed by atoms with Gasteiger partial charge in [-0.15, -0.1) is 11.3 Å². The number of nitrogens with zero attached hydrogens (tertiary/aromatic N) is 4. The Bertz CT molecular complexity index is 1030. The number of benzene rings is 1. The SMILES string of the molecule is CC[C@H](C)N(Cc1c(-c2ccc(F)cc2)noc1N1CCN(C)CC1)C(=O)c1cccs1. The van der Waals surface area contributed by atoms with Gasteiger partial charge >= 0.3 is 0 Å². The molecule has 1 atom stereocenters. The van der Waals surface area contributed by atoms with Crippen molar-refractivity contribution in [1.29, 1.82) is 0 Å². The molecular weight excluding hydrogens is 427 g/mol. The van der Waals surface area contributed by atoms with Gasteiger partial charge in [-0.1, -0.05) is 18.1 Å². The van der Waals surface area contributed by atoms with E-state index in [4.69, 9.17) is 4.52 Å². The summed E-state index contributed by atoms with van der Waals surface area (Å²) in [6.45, 7) is 8.02. The third-order valence-electron chi connectivity index (χ3n) is 6.12. The molecule has 0 unspecified atom stereocenters. The Labute approximate surface area is 192 Å². The fraction of sp³-hybridized carbons (Fsp3) is 0.417. The summed E-state index contributed by atoms with van der Waals surface area (Å²) in [5.41, 5.74) is 2.30. The van der Waals surface area contributed by atoms with Gasteiger partial charge in [0, 0.05) is 37.8 Å². The van der Waals surface area contributed by atoms with Crippen molar-refractivity contribution in [1.82, 2.24) is 15.0 Å². The van der Waals surface area contributed by atoms with E-state index in [0.717, 1.165) is 43.7 Å². The normalized spacial score (nSPS) is 15.7. The number of likely N-dealkylation sites (N-methyl/N-ethyl adjacent to an activating group) is 1. The van der Waals surface area contributed by atoms with Gasteiger partial charge in [0.15, 0.2) is 0 Å². The Morgan fingerprint density at radius 1 is 1.22 bits per heavy atom. The van der Waals surface area contributed by atoms with Crippen molar-refractivity contribution in [3.05, 3.63) is 58.0 Å². The molecule has 0 bridgehead atoms. The first-order valence-electron chi connectivity index (χ1n) is 11.0. The molecule has 1 fully saturated rings. The molecule has 0 saturated carbocycles. The highest BCUT2D eigenvalue weighted by Crippen LogP contribution is 2.34. The van der Waals surface area contributed by atoms with Gasteiger partial charge in [0.25, 0.3) is 5.91 Å². The van der Waals surface area contributed by atoms with Crippen molar-refractivity contribution in [3.63, 3.8) is 0 Å². The van der Waals surface area contributed by atoms with Gasteiger partial charge in [0.1, 0.15) is 11.5 Å². The molecule has 1 aliphatic rings. The number of hydrogen-bond acceptors (Lipinski definition) is 6. The number of amides is 1. The minimum atomic E-state index is -0.299. The third kappa shape index (κ3) is 4.71. The van der Waals surface area contributed by atoms with Crippen molar-refractivity contribution >= 4 is 23.1 Å². The molecule has 4 rings (SSSR count). The van der Waals surface area contributed by atoms with Gasteiger partial charge in [-0.3, -0.25) is 4.79 Å². The second-order valence-electron chi connectivity index (χ2n) is 8.28. The van der Waals surface area contributed by atoms with Crippen LogP contribution < -0.4 is 4.90 Å². The van der Waals surface area contributed by atoms with E-state index in [1.54, 1.807) is 12.1 Å². The number of aromatic nitrogens is 1. The summed E-state index contributed by atoms with van der Waals surface area (Å²) in [5.74, 6) is 0.404. The second-order valence-corrected chi connectivity index (χ2v) is 9.23. The zero-order valence-electron chi connectivity index (χ0n) is 18.8. The molecule has 3 heterocycles. The molecule has 0 radical (unpaired) electrons. The average molecular weight is 457 g/mol. The van der Waals surface area contributed by atoms with Crippen molar-refractivity contribution in [2.24, 2.45) is 0 Å². The maximum Gasteiger partial charge on any atom is 0.264 e. The van der Waals surface area contributed by atoms with Crippen LogP contribution >= 0.6 is 11.3 Å². The molecule has 1 saturated heterocycles. The van der Waals surface area contributed by atoms with Crippen molar-refractivity contribution in [2.75, 3.05) is 38.1 Å². The molecule has 6 nitrogen and oxygen atoms in total. The van der Waals surface area contributed by atoms with Crippen LogP contribution in [0.2, 0.25) is 0 Å². The first-order chi connectivity index (χ1) is 15.5. The van der Waals surface area contributed by atoms with E-state index in [1.165, 1.54) is 23.5 Å². The predicted molar refractivity (Wildman–Crippen MR) is 126 cm³/mol. The van der Waals surface area contributed by atoms with E-state index in [1.807, 2.05) is 22.4 Å². The number of carbonyl (C=O) groups excluding carboxylic acids is 1. The van der Waals surface area contributed by atoms with Crippen LogP contribution in [0.4, 0.5) is 10.3 Å². The Morgan fingerprint density at radius 2 is 1.94 bits per heavy atom. The molecule has 1 aliphatic heterocycles. The number of carbonyl (C=O) groups is 1. The Morgan fingerprint density at radius 3 is 2.56 bits per heavy atom. The predicted octanol–water partition coefficient (Wildman–Crippen LogP) is 4.73. The molecule has 3 aromatic rings. The first-order valence-corrected chi connectivity index (χ1v) is 11.9. The lowest BCUT2D eigenvalue weighted by Gasteiger charge is -2.33. The van der Waals surface area contributed by atoms with Crippen LogP contribution in [-0.4, -0.2) is 60.1 Å². The van der Waals surface area contributed by atoms with Crippen molar-refractivity contribution < 1.29 is 13.7 Å². The Balaban J connectivity index is 1.74. The highest BCUT2D eigenvalue weighted by molar-refractivity contribution is 7.12. The number of rotatable bonds is 7. The standard InChI is InChI=1S/C24H29FN4O2S/c1-4-17(2)29(23(30)21-6-5-15-32-21)16-20-22(18-7-9-19(25)10-8-18)26-31-24(20)28-13-11-27(3)12-14-28/h5-10,15,17H,4,11-14,16H2,1-3H3/t17-/m0/s1. The smallest absolute Gasteiger partial charge is 0.264 e. The van der Waals surface area contributed by atoms with Crippen LogP contribution in [0.1, 0.15) is 35.5 Å². The highest BCUT2D eigenvalue weighted by atomic mass is 32.1. The fourth-order valence-corrected chi connectivity index (χ4v) is 4.57. The van der Waals surface area contributed by atoms with Crippen LogP contribution in [-0.2, 0) is 6.54 Å². The maximum atomic E-state index is 13.6. The lowest BCUT2D eigenvalue weighted by Crippen LogP contribution is -2.45. The summed E-state index contributed by atoms with van der Waals surface area (Å²) in [6.07, 6.45) is 0.831. The zero-order valence-corrected chi connectivity index (χ0v) is 19.6. The molecule has 1 aromatic carbocycles. The van der Waals surface area contributed by atoms with E-state index < -0.39 is 0 Å². The highest BCUT2D eigenvalue weighted by Gasteiger charge is 2.30. The van der Waals surface area contributed by atoms with Gasteiger partial charge < -0.3 is 19.2 Å². The van der Waals surface area contributed by atoms with Gasteiger partial charge in [-0.05, 0) is 56.1 Å². The summed E-state index contributed by atoms with van der Waals surface area (Å²) in [5, 5.41) is 6.30. The van der Waals surface area contributed by atoms with Crippen LogP contribution in [0.25, 0.3) is 11.3 Å². The summed E-state index contributed by atoms with van der Waals surface area (Å²) in [4.78, 5) is 20.5. The minimum Gasteiger partial charge on any atom is -0.338 e. The van der Waals surface area contributed by atoms with Crippen LogP contribution in [0.15, 0.2) is 46.3 Å². The summed E-state index contributed by atoms with van der Waals surface area (Å²) < 4.78 is 19.4. The second kappa shape index (κ2) is 9.83. The van der Waals surface area contributed by atoms with Gasteiger partial charge in [-0.2, -0.15) is 0 Å². The van der Waals surface area contributed by atoms with E-state index in [-0.39, 0.29) is 17.8 Å². The van der Waals surface area contributed by atoms with E-state index in [9.17, 15) is 9.18 Å². The monoisotopic (exact) mass is 456 g/mol. The fourth-order valence-electron chi connectivity index (χ4n) is 3.90. The van der Waals surface area contributed by atoms with Crippen molar-refractivity contribution in [2.45, 2.75) is 32.9 Å². The first kappa shape index (κ1) is 22.5. The minimum absolute atomic E-state index is 0.00457. The number of hydrogen-bond donors (Lipinski definition) is 0. The zero-order chi connectivity index (χ0) is 22.7. The summed E-state index contributed by atoms with van der Waals surface area (Å²) >= 11 is 1.45. The van der Waals surface area contributed by atoms with Gasteiger partial charge in [0.05, 0.1) is 17.0 Å². The summed E-state index contributed by atoms with van der Waals surface area (Å²) in [7, 11) is 2.10. The van der Waals surface area contributed by atoms with Crippen LogP contribution in [0.5, 0.6) is 0 Å². The molecule has 0 aliphatic carbocycles. The molecule has 1 amide bonds. The lowest BCUT2D eigenvalue weighted by atomic mass is 10.0. The molecule has 0 N–H and O–H groups in total. The third-order valence-corrected chi connectivity index (χ3v) is 6.98. The van der Waals surface area contributed by atoms with Gasteiger partial charge in [-0.25, -0.2) is 4.39 Å². The number of thiophene rings is 1. The van der Waals surface area contributed by atoms with E-state index in [0.29, 0.717) is 23.0 Å². The van der Waals surface area contributed by atoms with Crippen LogP contribution in [0.3, 0.4) is 0 Å². The molecule has 2 aromatic heterocycles.